The number of hydrogen-bond donors (Lipinski definition) is 0. The number of nitrogens with zero attached hydrogens (tertiary/aromatic N) is 2. The number of aromatic nitrogens is 2. The van der Waals surface area contributed by atoms with Crippen molar-refractivity contribution in [3.8, 4) is 0 Å². The molecule has 0 unspecified atom stereocenters. The minimum Gasteiger partial charge on any atom is -0.287 e. The Labute approximate surface area is 104 Å². The summed E-state index contributed by atoms with van der Waals surface area (Å²) in [5.41, 5.74) is 1.00. The minimum absolute atomic E-state index is 0.103. The third-order valence-corrected chi connectivity index (χ3v) is 2.81. The van der Waals surface area contributed by atoms with Crippen LogP contribution in [-0.4, -0.2) is 15.8 Å². The molecule has 0 radical (unpaired) electrons. The molecule has 0 N–H and O–H groups in total. The summed E-state index contributed by atoms with van der Waals surface area (Å²) in [4.78, 5) is 20.1. The zero-order valence-electron chi connectivity index (χ0n) is 9.58. The van der Waals surface area contributed by atoms with Gasteiger partial charge in [-0.2, -0.15) is 0 Å². The van der Waals surface area contributed by atoms with Crippen molar-refractivity contribution in [3.63, 3.8) is 0 Å². The molecule has 0 spiro atoms. The van der Waals surface area contributed by atoms with Crippen molar-refractivity contribution in [1.29, 1.82) is 0 Å². The van der Waals surface area contributed by atoms with Gasteiger partial charge in [0.05, 0.1) is 6.20 Å². The van der Waals surface area contributed by atoms with Crippen molar-refractivity contribution >= 4 is 16.6 Å². The van der Waals surface area contributed by atoms with Gasteiger partial charge in [0.15, 0.2) is 0 Å². The Balaban J connectivity index is 2.07. The van der Waals surface area contributed by atoms with Gasteiger partial charge < -0.3 is 0 Å². The molecule has 0 aliphatic rings. The zero-order chi connectivity index (χ0) is 12.4. The highest BCUT2D eigenvalue weighted by Crippen LogP contribution is 2.17. The molecule has 3 rings (SSSR count). The maximum atomic E-state index is 12.2. The minimum atomic E-state index is -0.103. The van der Waals surface area contributed by atoms with E-state index in [0.717, 1.165) is 10.8 Å². The number of rotatable bonds is 2. The summed E-state index contributed by atoms with van der Waals surface area (Å²) in [5, 5.41) is 2.17. The Morgan fingerprint density at radius 1 is 0.944 bits per heavy atom. The summed E-state index contributed by atoms with van der Waals surface area (Å²) >= 11 is 0. The van der Waals surface area contributed by atoms with Gasteiger partial charge in [0, 0.05) is 18.0 Å². The lowest BCUT2D eigenvalue weighted by atomic mass is 10.0. The first kappa shape index (κ1) is 10.6. The lowest BCUT2D eigenvalue weighted by molar-refractivity contribution is 0.103. The fourth-order valence-corrected chi connectivity index (χ4v) is 1.89. The molecule has 1 aromatic heterocycles. The maximum Gasteiger partial charge on any atom is 0.212 e. The lowest BCUT2D eigenvalue weighted by Crippen LogP contribution is -2.04. The molecule has 3 heteroatoms. The van der Waals surface area contributed by atoms with Crippen molar-refractivity contribution in [2.24, 2.45) is 0 Å². The summed E-state index contributed by atoms with van der Waals surface area (Å²) < 4.78 is 0. The molecule has 86 valence electrons. The van der Waals surface area contributed by atoms with Gasteiger partial charge in [-0.05, 0) is 16.8 Å². The van der Waals surface area contributed by atoms with Gasteiger partial charge in [0.25, 0.3) is 0 Å². The normalized spacial score (nSPS) is 10.4. The van der Waals surface area contributed by atoms with Crippen LogP contribution in [0.4, 0.5) is 0 Å². The van der Waals surface area contributed by atoms with Crippen LogP contribution in [0, 0.1) is 0 Å². The van der Waals surface area contributed by atoms with E-state index in [-0.39, 0.29) is 5.78 Å². The Kier molecular flexibility index (Phi) is 2.57. The second-order valence-corrected chi connectivity index (χ2v) is 3.98. The van der Waals surface area contributed by atoms with E-state index < -0.39 is 0 Å². The van der Waals surface area contributed by atoms with Crippen LogP contribution in [0.2, 0.25) is 0 Å². The number of fused-ring (bicyclic) bond motifs is 1. The fraction of sp³-hybridized carbons (Fsp3) is 0. The first-order chi connectivity index (χ1) is 8.84. The molecule has 18 heavy (non-hydrogen) atoms. The Morgan fingerprint density at radius 3 is 2.56 bits per heavy atom. The van der Waals surface area contributed by atoms with Crippen molar-refractivity contribution in [2.45, 2.75) is 0 Å². The predicted octanol–water partition coefficient (Wildman–Crippen LogP) is 2.86. The van der Waals surface area contributed by atoms with E-state index in [1.165, 1.54) is 12.4 Å². The highest BCUT2D eigenvalue weighted by molar-refractivity contribution is 6.09. The van der Waals surface area contributed by atoms with Crippen LogP contribution in [0.15, 0.2) is 61.1 Å². The number of carbonyl (C=O) groups is 1. The summed E-state index contributed by atoms with van der Waals surface area (Å²) in [6.45, 7) is 0. The molecular formula is C15H10N2O. The average molecular weight is 234 g/mol. The zero-order valence-corrected chi connectivity index (χ0v) is 9.58. The van der Waals surface area contributed by atoms with Gasteiger partial charge in [-0.25, -0.2) is 4.98 Å². The van der Waals surface area contributed by atoms with E-state index in [9.17, 15) is 4.79 Å². The van der Waals surface area contributed by atoms with Crippen LogP contribution >= 0.6 is 0 Å². The number of benzene rings is 2. The molecule has 3 nitrogen and oxygen atoms in total. The summed E-state index contributed by atoms with van der Waals surface area (Å²) in [6, 6.07) is 13.6. The van der Waals surface area contributed by atoms with Crippen LogP contribution in [0.1, 0.15) is 16.1 Å². The largest absolute Gasteiger partial charge is 0.287 e. The van der Waals surface area contributed by atoms with E-state index in [1.54, 1.807) is 6.20 Å². The van der Waals surface area contributed by atoms with Crippen LogP contribution in [-0.2, 0) is 0 Å². The molecule has 1 heterocycles. The number of ketones is 1. The van der Waals surface area contributed by atoms with Crippen LogP contribution in [0.5, 0.6) is 0 Å². The highest BCUT2D eigenvalue weighted by atomic mass is 16.1. The predicted molar refractivity (Wildman–Crippen MR) is 69.4 cm³/mol. The third-order valence-electron chi connectivity index (χ3n) is 2.81. The van der Waals surface area contributed by atoms with Crippen molar-refractivity contribution in [1.82, 2.24) is 9.97 Å². The molecule has 2 aromatic carbocycles. The van der Waals surface area contributed by atoms with E-state index in [0.29, 0.717) is 11.3 Å². The Bertz CT molecular complexity index is 708. The topological polar surface area (TPSA) is 42.9 Å². The van der Waals surface area contributed by atoms with Crippen LogP contribution in [0.3, 0.4) is 0 Å². The van der Waals surface area contributed by atoms with Gasteiger partial charge in [-0.1, -0.05) is 36.4 Å². The molecule has 0 fully saturated rings. The molecule has 0 saturated carbocycles. The standard InChI is InChI=1S/C15H10N2O/c18-15(14-10-16-7-8-17-14)13-6-5-11-3-1-2-4-12(11)9-13/h1-10H. The quantitative estimate of drug-likeness (QED) is 0.640. The summed E-state index contributed by atoms with van der Waals surface area (Å²) in [7, 11) is 0. The van der Waals surface area contributed by atoms with E-state index in [1.807, 2.05) is 42.5 Å². The first-order valence-electron chi connectivity index (χ1n) is 5.64. The van der Waals surface area contributed by atoms with Crippen LogP contribution in [0.25, 0.3) is 10.8 Å². The number of carbonyl (C=O) groups excluding carboxylic acids is 1. The molecule has 0 aliphatic heterocycles. The van der Waals surface area contributed by atoms with Gasteiger partial charge in [0.2, 0.25) is 5.78 Å². The van der Waals surface area contributed by atoms with E-state index >= 15 is 0 Å². The average Bonchev–Trinajstić information content (AvgIpc) is 2.47. The summed E-state index contributed by atoms with van der Waals surface area (Å²) in [5.74, 6) is -0.103. The molecule has 0 saturated heterocycles. The van der Waals surface area contributed by atoms with Crippen LogP contribution < -0.4 is 0 Å². The van der Waals surface area contributed by atoms with Gasteiger partial charge in [-0.3, -0.25) is 9.78 Å². The molecule has 0 bridgehead atoms. The molecule has 3 aromatic rings. The van der Waals surface area contributed by atoms with Crippen molar-refractivity contribution < 1.29 is 4.79 Å². The Hall–Kier alpha value is -2.55. The van der Waals surface area contributed by atoms with Gasteiger partial charge in [0.1, 0.15) is 5.69 Å². The van der Waals surface area contributed by atoms with E-state index in [2.05, 4.69) is 9.97 Å². The number of hydrogen-bond acceptors (Lipinski definition) is 3. The smallest absolute Gasteiger partial charge is 0.212 e. The van der Waals surface area contributed by atoms with E-state index in [4.69, 9.17) is 0 Å². The van der Waals surface area contributed by atoms with Gasteiger partial charge >= 0.3 is 0 Å². The fourth-order valence-electron chi connectivity index (χ4n) is 1.89. The molecular weight excluding hydrogens is 224 g/mol. The lowest BCUT2D eigenvalue weighted by Gasteiger charge is -2.02. The molecule has 0 atom stereocenters. The Morgan fingerprint density at radius 2 is 1.78 bits per heavy atom. The highest BCUT2D eigenvalue weighted by Gasteiger charge is 2.10. The second-order valence-electron chi connectivity index (χ2n) is 3.98. The monoisotopic (exact) mass is 234 g/mol. The summed E-state index contributed by atoms with van der Waals surface area (Å²) in [6.07, 6.45) is 4.56. The third kappa shape index (κ3) is 1.86. The molecule has 0 amide bonds. The SMILES string of the molecule is O=C(c1ccc2ccccc2c1)c1cnccn1. The molecule has 0 aliphatic carbocycles. The first-order valence-corrected chi connectivity index (χ1v) is 5.64. The van der Waals surface area contributed by atoms with Crippen molar-refractivity contribution in [3.05, 3.63) is 72.3 Å². The van der Waals surface area contributed by atoms with Crippen molar-refractivity contribution in [2.75, 3.05) is 0 Å². The second kappa shape index (κ2) is 4.37. The van der Waals surface area contributed by atoms with Gasteiger partial charge in [-0.15, -0.1) is 0 Å². The maximum absolute atomic E-state index is 12.2.